The number of amides is 1. The smallest absolute Gasteiger partial charge is 0.361 e. The van der Waals surface area contributed by atoms with Crippen LogP contribution in [0.25, 0.3) is 22.0 Å². The van der Waals surface area contributed by atoms with E-state index in [1.54, 1.807) is 4.90 Å². The highest BCUT2D eigenvalue weighted by Crippen LogP contribution is 2.30. The van der Waals surface area contributed by atoms with Crippen molar-refractivity contribution in [3.05, 3.63) is 95.7 Å². The average molecular weight is 506 g/mol. The molecule has 4 aromatic rings. The third-order valence-corrected chi connectivity index (χ3v) is 7.04. The Labute approximate surface area is 214 Å². The monoisotopic (exact) mass is 505 g/mol. The molecule has 1 N–H and O–H groups in total. The molecule has 0 bridgehead atoms. The lowest BCUT2D eigenvalue weighted by atomic mass is 10.0. The Bertz CT molecular complexity index is 1350. The van der Waals surface area contributed by atoms with Gasteiger partial charge in [-0.25, -0.2) is 0 Å². The molecule has 1 saturated heterocycles. The van der Waals surface area contributed by atoms with Gasteiger partial charge in [0.15, 0.2) is 0 Å². The van der Waals surface area contributed by atoms with Crippen molar-refractivity contribution < 1.29 is 18.0 Å². The van der Waals surface area contributed by atoms with Crippen molar-refractivity contribution >= 4 is 16.8 Å². The molecule has 0 radical (unpaired) electrons. The zero-order chi connectivity index (χ0) is 25.8. The fourth-order valence-corrected chi connectivity index (χ4v) is 5.03. The van der Waals surface area contributed by atoms with Gasteiger partial charge in [0.05, 0.1) is 5.56 Å². The summed E-state index contributed by atoms with van der Waals surface area (Å²) in [4.78, 5) is 20.8. The van der Waals surface area contributed by atoms with Crippen LogP contribution in [0.1, 0.15) is 40.7 Å². The maximum Gasteiger partial charge on any atom is 0.416 e. The molecule has 0 saturated carbocycles. The second kappa shape index (κ2) is 10.8. The molecule has 1 amide bonds. The lowest BCUT2D eigenvalue weighted by molar-refractivity contribution is -0.137. The van der Waals surface area contributed by atoms with Gasteiger partial charge in [-0.15, -0.1) is 0 Å². The van der Waals surface area contributed by atoms with Crippen LogP contribution >= 0.6 is 0 Å². The highest BCUT2D eigenvalue weighted by atomic mass is 19.4. The van der Waals surface area contributed by atoms with Crippen LogP contribution in [0.4, 0.5) is 13.2 Å². The van der Waals surface area contributed by atoms with Gasteiger partial charge in [0.2, 0.25) is 0 Å². The predicted molar refractivity (Wildman–Crippen MR) is 140 cm³/mol. The Hall–Kier alpha value is -3.58. The molecule has 7 heteroatoms. The summed E-state index contributed by atoms with van der Waals surface area (Å²) in [5.41, 5.74) is 3.67. The Morgan fingerprint density at radius 2 is 1.68 bits per heavy atom. The number of aromatic nitrogens is 1. The quantitative estimate of drug-likeness (QED) is 0.281. The van der Waals surface area contributed by atoms with E-state index in [0.29, 0.717) is 13.1 Å². The zero-order valence-electron chi connectivity index (χ0n) is 20.6. The van der Waals surface area contributed by atoms with Crippen molar-refractivity contribution in [2.24, 2.45) is 0 Å². The fourth-order valence-electron chi connectivity index (χ4n) is 5.03. The molecule has 3 aromatic carbocycles. The maximum absolute atomic E-state index is 13.4. The first-order chi connectivity index (χ1) is 17.9. The van der Waals surface area contributed by atoms with Crippen LogP contribution in [0.5, 0.6) is 0 Å². The number of nitrogens with zero attached hydrogens (tertiary/aromatic N) is 2. The topological polar surface area (TPSA) is 39.3 Å². The minimum absolute atomic E-state index is 0.256. The van der Waals surface area contributed by atoms with Crippen LogP contribution in [-0.2, 0) is 12.7 Å². The summed E-state index contributed by atoms with van der Waals surface area (Å²) >= 11 is 0. The zero-order valence-corrected chi connectivity index (χ0v) is 20.6. The van der Waals surface area contributed by atoms with Crippen molar-refractivity contribution in [1.29, 1.82) is 0 Å². The van der Waals surface area contributed by atoms with Crippen LogP contribution in [0.3, 0.4) is 0 Å². The fraction of sp³-hybridized carbons (Fsp3) is 0.300. The van der Waals surface area contributed by atoms with Crippen molar-refractivity contribution in [2.45, 2.75) is 32.0 Å². The van der Waals surface area contributed by atoms with Crippen molar-refractivity contribution in [3.63, 3.8) is 0 Å². The number of nitrogens with one attached hydrogen (secondary N) is 1. The number of alkyl halides is 3. The minimum Gasteiger partial charge on any atom is -0.361 e. The summed E-state index contributed by atoms with van der Waals surface area (Å²) < 4.78 is 39.1. The molecule has 0 atom stereocenters. The first-order valence-electron chi connectivity index (χ1n) is 12.7. The number of H-pyrrole nitrogens is 1. The number of rotatable bonds is 8. The third kappa shape index (κ3) is 6.05. The second-order valence-corrected chi connectivity index (χ2v) is 9.68. The number of carbonyl (C=O) groups excluding carboxylic acids is 1. The van der Waals surface area contributed by atoms with Crippen molar-refractivity contribution in [3.8, 4) is 11.1 Å². The van der Waals surface area contributed by atoms with E-state index in [9.17, 15) is 18.0 Å². The van der Waals surface area contributed by atoms with Crippen LogP contribution in [0, 0.1) is 0 Å². The van der Waals surface area contributed by atoms with E-state index in [-0.39, 0.29) is 11.5 Å². The van der Waals surface area contributed by atoms with E-state index in [4.69, 9.17) is 0 Å². The van der Waals surface area contributed by atoms with Crippen LogP contribution < -0.4 is 0 Å². The van der Waals surface area contributed by atoms with E-state index in [1.165, 1.54) is 25.0 Å². The summed E-state index contributed by atoms with van der Waals surface area (Å²) in [7, 11) is 0. The van der Waals surface area contributed by atoms with Gasteiger partial charge in [-0.05, 0) is 103 Å². The van der Waals surface area contributed by atoms with Crippen molar-refractivity contribution in [2.75, 3.05) is 26.2 Å². The molecule has 2 heterocycles. The third-order valence-electron chi connectivity index (χ3n) is 7.04. The number of halogens is 3. The predicted octanol–water partition coefficient (Wildman–Crippen LogP) is 6.98. The molecule has 37 heavy (non-hydrogen) atoms. The number of benzene rings is 3. The van der Waals surface area contributed by atoms with Crippen LogP contribution in [0.2, 0.25) is 0 Å². The van der Waals surface area contributed by atoms with E-state index in [1.807, 2.05) is 30.5 Å². The maximum atomic E-state index is 13.4. The van der Waals surface area contributed by atoms with Gasteiger partial charge < -0.3 is 14.8 Å². The molecule has 1 aliphatic rings. The Morgan fingerprint density at radius 1 is 0.919 bits per heavy atom. The van der Waals surface area contributed by atoms with Crippen molar-refractivity contribution in [1.82, 2.24) is 14.8 Å². The summed E-state index contributed by atoms with van der Waals surface area (Å²) in [5, 5.41) is 1.14. The van der Waals surface area contributed by atoms with E-state index < -0.39 is 11.7 Å². The molecule has 192 valence electrons. The number of hydrogen-bond donors (Lipinski definition) is 1. The van der Waals surface area contributed by atoms with Gasteiger partial charge in [-0.3, -0.25) is 4.79 Å². The molecule has 5 rings (SSSR count). The Balaban J connectivity index is 1.36. The Kier molecular flexibility index (Phi) is 7.33. The lowest BCUT2D eigenvalue weighted by Crippen LogP contribution is -2.33. The van der Waals surface area contributed by atoms with E-state index >= 15 is 0 Å². The van der Waals surface area contributed by atoms with Gasteiger partial charge in [-0.2, -0.15) is 13.2 Å². The van der Waals surface area contributed by atoms with Gasteiger partial charge in [-0.1, -0.05) is 30.3 Å². The normalized spacial score (nSPS) is 14.4. The van der Waals surface area contributed by atoms with Crippen LogP contribution in [-0.4, -0.2) is 46.9 Å². The first kappa shape index (κ1) is 25.1. The lowest BCUT2D eigenvalue weighted by Gasteiger charge is -2.25. The number of carbonyl (C=O) groups is 1. The van der Waals surface area contributed by atoms with E-state index in [0.717, 1.165) is 65.8 Å². The molecular formula is C30H30F3N3O. The van der Waals surface area contributed by atoms with Gasteiger partial charge in [0.25, 0.3) is 5.91 Å². The standard InChI is InChI=1S/C30H30F3N3O/c31-30(32,33)27-11-9-24(10-12-27)29(37)36(18-4-17-35-15-1-2-16-35)21-22-5-3-6-25(19-22)26-8-7-23-13-14-34-28(23)20-26/h3,5-14,19-20,34H,1-2,4,15-18,21H2. The van der Waals surface area contributed by atoms with E-state index in [2.05, 4.69) is 34.1 Å². The van der Waals surface area contributed by atoms with Crippen LogP contribution in [0.15, 0.2) is 79.0 Å². The number of hydrogen-bond acceptors (Lipinski definition) is 2. The average Bonchev–Trinajstić information content (AvgIpc) is 3.59. The largest absolute Gasteiger partial charge is 0.416 e. The summed E-state index contributed by atoms with van der Waals surface area (Å²) in [5.74, 6) is -0.256. The molecule has 0 aliphatic carbocycles. The number of likely N-dealkylation sites (tertiary alicyclic amines) is 1. The highest BCUT2D eigenvalue weighted by Gasteiger charge is 2.30. The number of aromatic amines is 1. The van der Waals surface area contributed by atoms with Gasteiger partial charge >= 0.3 is 6.18 Å². The molecule has 1 aromatic heterocycles. The van der Waals surface area contributed by atoms with Gasteiger partial charge in [0.1, 0.15) is 0 Å². The minimum atomic E-state index is -4.43. The highest BCUT2D eigenvalue weighted by molar-refractivity contribution is 5.94. The summed E-state index contributed by atoms with van der Waals surface area (Å²) in [6, 6.07) is 20.9. The molecule has 1 fully saturated rings. The molecule has 4 nitrogen and oxygen atoms in total. The molecule has 0 spiro atoms. The molecular weight excluding hydrogens is 475 g/mol. The number of fused-ring (bicyclic) bond motifs is 1. The SMILES string of the molecule is O=C(c1ccc(C(F)(F)F)cc1)N(CCCN1CCCC1)Cc1cccc(-c2ccc3cc[nH]c3c2)c1. The molecule has 0 unspecified atom stereocenters. The summed E-state index contributed by atoms with van der Waals surface area (Å²) in [6.07, 6.45) is 0.707. The first-order valence-corrected chi connectivity index (χ1v) is 12.7. The molecule has 1 aliphatic heterocycles. The second-order valence-electron chi connectivity index (χ2n) is 9.68. The Morgan fingerprint density at radius 3 is 2.43 bits per heavy atom. The van der Waals surface area contributed by atoms with Gasteiger partial charge in [0, 0.05) is 30.4 Å². The summed E-state index contributed by atoms with van der Waals surface area (Å²) in [6.45, 7) is 4.00.